The molecule has 0 saturated carbocycles. The van der Waals surface area contributed by atoms with E-state index in [0.29, 0.717) is 17.7 Å². The Hall–Kier alpha value is -2.55. The van der Waals surface area contributed by atoms with Gasteiger partial charge < -0.3 is 4.98 Å². The number of anilines is 1. The number of nitrogens with zero attached hydrogens (tertiary/aromatic N) is 6. The second-order valence-electron chi connectivity index (χ2n) is 3.90. The lowest BCUT2D eigenvalue weighted by Crippen LogP contribution is -2.16. The lowest BCUT2D eigenvalue weighted by atomic mass is 10.4. The van der Waals surface area contributed by atoms with Crippen molar-refractivity contribution in [3.63, 3.8) is 0 Å². The molecule has 2 N–H and O–H groups in total. The molecule has 0 aliphatic carbocycles. The van der Waals surface area contributed by atoms with Crippen molar-refractivity contribution < 1.29 is 4.79 Å². The number of carbonyl (C=O) groups is 1. The van der Waals surface area contributed by atoms with Gasteiger partial charge in [0.05, 0.1) is 12.9 Å². The molecule has 10 heteroatoms. The fourth-order valence-electron chi connectivity index (χ4n) is 1.61. The first-order valence-corrected chi connectivity index (χ1v) is 6.09. The van der Waals surface area contributed by atoms with Crippen molar-refractivity contribution in [2.24, 2.45) is 0 Å². The Morgan fingerprint density at radius 2 is 2.35 bits per heavy atom. The molecule has 9 nitrogen and oxygen atoms in total. The van der Waals surface area contributed by atoms with E-state index in [4.69, 9.17) is 11.6 Å². The normalized spacial score (nSPS) is 10.8. The van der Waals surface area contributed by atoms with Gasteiger partial charge in [0, 0.05) is 6.42 Å². The predicted octanol–water partition coefficient (Wildman–Crippen LogP) is 0.627. The largest absolute Gasteiger partial charge is 0.341 e. The number of H-pyrrole nitrogens is 1. The zero-order valence-corrected chi connectivity index (χ0v) is 10.9. The Bertz CT molecular complexity index is 737. The summed E-state index contributed by atoms with van der Waals surface area (Å²) in [6.07, 6.45) is 4.63. The highest BCUT2D eigenvalue weighted by atomic mass is 35.5. The molecule has 0 aliphatic heterocycles. The predicted molar refractivity (Wildman–Crippen MR) is 70.0 cm³/mol. The number of carbonyl (C=O) groups excluding carboxylic acids is 1. The standard InChI is InChI=1S/C10H9ClN8O/c11-8-7-9(14-4-13-7)18-10(17-8)16-6(20)1-2-19-5-12-3-15-19/h3-5H,1-2H2,(H2,13,14,16,17,18,20). The highest BCUT2D eigenvalue weighted by molar-refractivity contribution is 6.33. The first kappa shape index (κ1) is 12.5. The van der Waals surface area contributed by atoms with Crippen molar-refractivity contribution in [3.8, 4) is 0 Å². The zero-order valence-electron chi connectivity index (χ0n) is 10.1. The van der Waals surface area contributed by atoms with Gasteiger partial charge in [-0.05, 0) is 0 Å². The molecule has 3 heterocycles. The smallest absolute Gasteiger partial charge is 0.233 e. The summed E-state index contributed by atoms with van der Waals surface area (Å²) in [4.78, 5) is 30.4. The van der Waals surface area contributed by atoms with Crippen LogP contribution in [-0.2, 0) is 11.3 Å². The Morgan fingerprint density at radius 1 is 1.45 bits per heavy atom. The lowest BCUT2D eigenvalue weighted by molar-refractivity contribution is -0.116. The highest BCUT2D eigenvalue weighted by Gasteiger charge is 2.10. The van der Waals surface area contributed by atoms with Crippen LogP contribution in [0.15, 0.2) is 19.0 Å². The maximum absolute atomic E-state index is 11.8. The third-order valence-electron chi connectivity index (χ3n) is 2.53. The number of aromatic amines is 1. The van der Waals surface area contributed by atoms with Crippen molar-refractivity contribution in [2.45, 2.75) is 13.0 Å². The first-order valence-electron chi connectivity index (χ1n) is 5.71. The van der Waals surface area contributed by atoms with E-state index in [1.54, 1.807) is 4.68 Å². The summed E-state index contributed by atoms with van der Waals surface area (Å²) in [6, 6.07) is 0. The molecule has 3 aromatic heterocycles. The van der Waals surface area contributed by atoms with Crippen LogP contribution in [0, 0.1) is 0 Å². The minimum atomic E-state index is -0.244. The van der Waals surface area contributed by atoms with Gasteiger partial charge >= 0.3 is 0 Å². The number of nitrogens with one attached hydrogen (secondary N) is 2. The Balaban J connectivity index is 1.67. The molecule has 3 rings (SSSR count). The quantitative estimate of drug-likeness (QED) is 0.682. The van der Waals surface area contributed by atoms with E-state index < -0.39 is 0 Å². The minimum Gasteiger partial charge on any atom is -0.341 e. The van der Waals surface area contributed by atoms with Gasteiger partial charge in [-0.1, -0.05) is 11.6 Å². The van der Waals surface area contributed by atoms with Gasteiger partial charge in [0.2, 0.25) is 11.9 Å². The molecule has 1 amide bonds. The van der Waals surface area contributed by atoms with Gasteiger partial charge in [-0.2, -0.15) is 15.1 Å². The molecular weight excluding hydrogens is 284 g/mol. The van der Waals surface area contributed by atoms with Gasteiger partial charge in [0.15, 0.2) is 10.8 Å². The average Bonchev–Trinajstić information content (AvgIpc) is 3.07. The third-order valence-corrected chi connectivity index (χ3v) is 2.80. The topological polar surface area (TPSA) is 114 Å². The second kappa shape index (κ2) is 5.21. The number of halogens is 1. The van der Waals surface area contributed by atoms with Crippen LogP contribution in [0.5, 0.6) is 0 Å². The van der Waals surface area contributed by atoms with E-state index in [1.807, 2.05) is 0 Å². The van der Waals surface area contributed by atoms with Crippen LogP contribution in [-0.4, -0.2) is 40.6 Å². The number of hydrogen-bond donors (Lipinski definition) is 2. The SMILES string of the molecule is O=C(CCn1cncn1)Nc1nc(Cl)c2[nH]cnc2n1. The van der Waals surface area contributed by atoms with Crippen LogP contribution in [0.2, 0.25) is 5.15 Å². The van der Waals surface area contributed by atoms with E-state index in [0.717, 1.165) is 0 Å². The summed E-state index contributed by atoms with van der Waals surface area (Å²) in [5.41, 5.74) is 0.934. The van der Waals surface area contributed by atoms with Gasteiger partial charge in [-0.25, -0.2) is 9.97 Å². The molecule has 0 aromatic carbocycles. The Kier molecular flexibility index (Phi) is 3.25. The summed E-state index contributed by atoms with van der Waals surface area (Å²) >= 11 is 5.95. The number of fused-ring (bicyclic) bond motifs is 1. The number of aryl methyl sites for hydroxylation is 1. The van der Waals surface area contributed by atoms with Crippen LogP contribution in [0.3, 0.4) is 0 Å². The summed E-state index contributed by atoms with van der Waals surface area (Å²) in [5.74, 6) is -0.121. The number of rotatable bonds is 4. The van der Waals surface area contributed by atoms with Crippen LogP contribution in [0.25, 0.3) is 11.2 Å². The lowest BCUT2D eigenvalue weighted by Gasteiger charge is -2.04. The van der Waals surface area contributed by atoms with Gasteiger partial charge in [0.1, 0.15) is 18.2 Å². The highest BCUT2D eigenvalue weighted by Crippen LogP contribution is 2.18. The Morgan fingerprint density at radius 3 is 3.15 bits per heavy atom. The van der Waals surface area contributed by atoms with Crippen LogP contribution >= 0.6 is 11.6 Å². The summed E-state index contributed by atoms with van der Waals surface area (Å²) in [6.45, 7) is 0.421. The maximum Gasteiger partial charge on any atom is 0.233 e. The van der Waals surface area contributed by atoms with Gasteiger partial charge in [-0.3, -0.25) is 14.8 Å². The molecule has 0 atom stereocenters. The molecule has 0 aliphatic rings. The van der Waals surface area contributed by atoms with E-state index in [-0.39, 0.29) is 23.4 Å². The van der Waals surface area contributed by atoms with E-state index in [9.17, 15) is 4.79 Å². The summed E-state index contributed by atoms with van der Waals surface area (Å²) in [5, 5.41) is 6.68. The number of hydrogen-bond acceptors (Lipinski definition) is 6. The molecule has 0 spiro atoms. The van der Waals surface area contributed by atoms with Crippen molar-refractivity contribution in [3.05, 3.63) is 24.1 Å². The van der Waals surface area contributed by atoms with Crippen molar-refractivity contribution in [2.75, 3.05) is 5.32 Å². The van der Waals surface area contributed by atoms with Crippen molar-refractivity contribution in [1.29, 1.82) is 0 Å². The molecule has 102 valence electrons. The molecule has 0 bridgehead atoms. The van der Waals surface area contributed by atoms with Gasteiger partial charge in [0.25, 0.3) is 0 Å². The van der Waals surface area contributed by atoms with Crippen molar-refractivity contribution in [1.82, 2.24) is 34.7 Å². The minimum absolute atomic E-state index is 0.123. The van der Waals surface area contributed by atoms with E-state index >= 15 is 0 Å². The Labute approximate surface area is 117 Å². The van der Waals surface area contributed by atoms with E-state index in [1.165, 1.54) is 19.0 Å². The molecule has 3 aromatic rings. The van der Waals surface area contributed by atoms with Crippen LogP contribution < -0.4 is 5.32 Å². The van der Waals surface area contributed by atoms with Crippen LogP contribution in [0.1, 0.15) is 6.42 Å². The first-order chi connectivity index (χ1) is 9.72. The molecular formula is C10H9ClN8O. The second-order valence-corrected chi connectivity index (χ2v) is 4.25. The zero-order chi connectivity index (χ0) is 13.9. The fraction of sp³-hybridized carbons (Fsp3) is 0.200. The summed E-state index contributed by atoms with van der Waals surface area (Å²) < 4.78 is 1.56. The third kappa shape index (κ3) is 2.57. The average molecular weight is 293 g/mol. The number of aromatic nitrogens is 7. The molecule has 0 unspecified atom stereocenters. The summed E-state index contributed by atoms with van der Waals surface area (Å²) in [7, 11) is 0. The van der Waals surface area contributed by atoms with Gasteiger partial charge in [-0.15, -0.1) is 0 Å². The number of imidazole rings is 1. The molecule has 0 radical (unpaired) electrons. The molecule has 20 heavy (non-hydrogen) atoms. The maximum atomic E-state index is 11.8. The molecule has 0 fully saturated rings. The molecule has 0 saturated heterocycles. The van der Waals surface area contributed by atoms with Crippen molar-refractivity contribution >= 4 is 34.6 Å². The fourth-order valence-corrected chi connectivity index (χ4v) is 1.82. The monoisotopic (exact) mass is 292 g/mol. The number of amides is 1. The van der Waals surface area contributed by atoms with Crippen LogP contribution in [0.4, 0.5) is 5.95 Å². The van der Waals surface area contributed by atoms with E-state index in [2.05, 4.69) is 35.3 Å².